The Morgan fingerprint density at radius 3 is 2.84 bits per heavy atom. The van der Waals surface area contributed by atoms with Gasteiger partial charge in [-0.25, -0.2) is 13.4 Å². The third-order valence-electron chi connectivity index (χ3n) is 3.74. The molecule has 0 aliphatic carbocycles. The Hall–Kier alpha value is -1.07. The Balaban J connectivity index is 1.81. The van der Waals surface area contributed by atoms with Crippen LogP contribution in [0.4, 0.5) is 0 Å². The first-order valence-electron chi connectivity index (χ1n) is 6.36. The molecule has 2 aromatic rings. The Labute approximate surface area is 117 Å². The number of halogens is 1. The third-order valence-corrected chi connectivity index (χ3v) is 5.78. The number of hydrogen-bond acceptors (Lipinski definition) is 3. The van der Waals surface area contributed by atoms with Crippen molar-refractivity contribution in [2.75, 3.05) is 11.5 Å². The SMILES string of the molecule is O=S1(=O)CCC(Cc2ncc3c(Cl)cccn23)CC1. The van der Waals surface area contributed by atoms with Crippen molar-refractivity contribution in [1.82, 2.24) is 9.38 Å². The molecule has 1 saturated heterocycles. The van der Waals surface area contributed by atoms with Gasteiger partial charge in [0.1, 0.15) is 15.7 Å². The first kappa shape index (κ1) is 12.9. The number of sulfone groups is 1. The van der Waals surface area contributed by atoms with Crippen molar-refractivity contribution in [3.63, 3.8) is 0 Å². The molecule has 0 radical (unpaired) electrons. The number of rotatable bonds is 2. The van der Waals surface area contributed by atoms with Crippen molar-refractivity contribution in [3.05, 3.63) is 35.4 Å². The summed E-state index contributed by atoms with van der Waals surface area (Å²) < 4.78 is 24.8. The summed E-state index contributed by atoms with van der Waals surface area (Å²) in [5.74, 6) is 1.97. The van der Waals surface area contributed by atoms with Gasteiger partial charge < -0.3 is 4.40 Å². The van der Waals surface area contributed by atoms with Crippen molar-refractivity contribution < 1.29 is 8.42 Å². The van der Waals surface area contributed by atoms with Crippen LogP contribution in [0.3, 0.4) is 0 Å². The minimum absolute atomic E-state index is 0.307. The van der Waals surface area contributed by atoms with Gasteiger partial charge in [-0.3, -0.25) is 0 Å². The Morgan fingerprint density at radius 2 is 2.11 bits per heavy atom. The molecule has 4 nitrogen and oxygen atoms in total. The molecular formula is C13H15ClN2O2S. The zero-order valence-electron chi connectivity index (χ0n) is 10.4. The van der Waals surface area contributed by atoms with Gasteiger partial charge in [0, 0.05) is 12.6 Å². The first-order chi connectivity index (χ1) is 9.05. The molecule has 1 aliphatic heterocycles. The number of nitrogens with zero attached hydrogens (tertiary/aromatic N) is 2. The highest BCUT2D eigenvalue weighted by molar-refractivity contribution is 7.91. The number of imidazole rings is 1. The maximum Gasteiger partial charge on any atom is 0.150 e. The predicted molar refractivity (Wildman–Crippen MR) is 75.3 cm³/mol. The molecule has 1 fully saturated rings. The molecule has 0 spiro atoms. The van der Waals surface area contributed by atoms with E-state index in [-0.39, 0.29) is 0 Å². The molecule has 0 aromatic carbocycles. The van der Waals surface area contributed by atoms with Gasteiger partial charge in [0.25, 0.3) is 0 Å². The standard InChI is InChI=1S/C13H15ClN2O2S/c14-11-2-1-5-16-12(11)9-15-13(16)8-10-3-6-19(17,18)7-4-10/h1-2,5,9-10H,3-4,6-8H2. The molecule has 0 bridgehead atoms. The largest absolute Gasteiger partial charge is 0.302 e. The van der Waals surface area contributed by atoms with E-state index in [1.54, 1.807) is 6.20 Å². The Bertz CT molecular complexity index is 695. The van der Waals surface area contributed by atoms with Gasteiger partial charge in [0.05, 0.1) is 28.2 Å². The molecular weight excluding hydrogens is 284 g/mol. The Morgan fingerprint density at radius 1 is 1.37 bits per heavy atom. The topological polar surface area (TPSA) is 51.4 Å². The summed E-state index contributed by atoms with van der Waals surface area (Å²) >= 11 is 6.11. The van der Waals surface area contributed by atoms with Crippen molar-refractivity contribution in [2.45, 2.75) is 19.3 Å². The maximum absolute atomic E-state index is 11.4. The van der Waals surface area contributed by atoms with E-state index in [1.807, 2.05) is 22.7 Å². The van der Waals surface area contributed by atoms with E-state index in [0.717, 1.165) is 30.6 Å². The van der Waals surface area contributed by atoms with E-state index in [2.05, 4.69) is 4.98 Å². The molecule has 3 heterocycles. The van der Waals surface area contributed by atoms with Crippen LogP contribution in [-0.2, 0) is 16.3 Å². The Kier molecular flexibility index (Phi) is 3.27. The average molecular weight is 299 g/mol. The lowest BCUT2D eigenvalue weighted by atomic mass is 9.98. The van der Waals surface area contributed by atoms with Gasteiger partial charge in [-0.2, -0.15) is 0 Å². The summed E-state index contributed by atoms with van der Waals surface area (Å²) in [5.41, 5.74) is 0.905. The van der Waals surface area contributed by atoms with Gasteiger partial charge >= 0.3 is 0 Å². The van der Waals surface area contributed by atoms with Crippen LogP contribution < -0.4 is 0 Å². The average Bonchev–Trinajstić information content (AvgIpc) is 2.77. The third kappa shape index (κ3) is 2.62. The summed E-state index contributed by atoms with van der Waals surface area (Å²) in [6.45, 7) is 0. The van der Waals surface area contributed by atoms with Crippen LogP contribution >= 0.6 is 11.6 Å². The highest BCUT2D eigenvalue weighted by atomic mass is 35.5. The van der Waals surface area contributed by atoms with Crippen LogP contribution in [0.2, 0.25) is 5.02 Å². The molecule has 0 amide bonds. The molecule has 2 aromatic heterocycles. The zero-order valence-corrected chi connectivity index (χ0v) is 12.0. The first-order valence-corrected chi connectivity index (χ1v) is 8.56. The molecule has 3 rings (SSSR count). The smallest absolute Gasteiger partial charge is 0.150 e. The summed E-state index contributed by atoms with van der Waals surface area (Å²) in [7, 11) is -2.79. The quantitative estimate of drug-likeness (QED) is 0.855. The van der Waals surface area contributed by atoms with Gasteiger partial charge in [-0.15, -0.1) is 0 Å². The van der Waals surface area contributed by atoms with Crippen LogP contribution in [0.5, 0.6) is 0 Å². The van der Waals surface area contributed by atoms with Crippen LogP contribution in [-0.4, -0.2) is 29.3 Å². The van der Waals surface area contributed by atoms with E-state index in [9.17, 15) is 8.42 Å². The molecule has 0 N–H and O–H groups in total. The van der Waals surface area contributed by atoms with Gasteiger partial charge in [0.15, 0.2) is 0 Å². The van der Waals surface area contributed by atoms with Gasteiger partial charge in [0.2, 0.25) is 0 Å². The van der Waals surface area contributed by atoms with E-state index < -0.39 is 9.84 Å². The highest BCUT2D eigenvalue weighted by Crippen LogP contribution is 2.24. The predicted octanol–water partition coefficient (Wildman–Crippen LogP) is 2.36. The lowest BCUT2D eigenvalue weighted by molar-refractivity contribution is 0.453. The molecule has 0 unspecified atom stereocenters. The molecule has 0 saturated carbocycles. The van der Waals surface area contributed by atoms with Gasteiger partial charge in [-0.05, 0) is 30.9 Å². The number of aromatic nitrogens is 2. The summed E-state index contributed by atoms with van der Waals surface area (Å²) in [4.78, 5) is 4.42. The second-order valence-corrected chi connectivity index (χ2v) is 7.80. The lowest BCUT2D eigenvalue weighted by Crippen LogP contribution is -2.25. The minimum Gasteiger partial charge on any atom is -0.302 e. The van der Waals surface area contributed by atoms with Crippen molar-refractivity contribution in [3.8, 4) is 0 Å². The van der Waals surface area contributed by atoms with Crippen molar-refractivity contribution in [1.29, 1.82) is 0 Å². The lowest BCUT2D eigenvalue weighted by Gasteiger charge is -2.21. The molecule has 1 aliphatic rings. The van der Waals surface area contributed by atoms with E-state index in [4.69, 9.17) is 11.6 Å². The second kappa shape index (κ2) is 4.80. The molecule has 0 atom stereocenters. The van der Waals surface area contributed by atoms with E-state index >= 15 is 0 Å². The molecule has 19 heavy (non-hydrogen) atoms. The van der Waals surface area contributed by atoms with Crippen molar-refractivity contribution >= 4 is 27.0 Å². The highest BCUT2D eigenvalue weighted by Gasteiger charge is 2.24. The van der Waals surface area contributed by atoms with Crippen LogP contribution in [0.25, 0.3) is 5.52 Å². The van der Waals surface area contributed by atoms with E-state index in [0.29, 0.717) is 22.4 Å². The summed E-state index contributed by atoms with van der Waals surface area (Å²) in [6, 6.07) is 3.74. The van der Waals surface area contributed by atoms with Crippen LogP contribution in [0.15, 0.2) is 24.5 Å². The second-order valence-electron chi connectivity index (χ2n) is 5.09. The monoisotopic (exact) mass is 298 g/mol. The number of hydrogen-bond donors (Lipinski definition) is 0. The fraction of sp³-hybridized carbons (Fsp3) is 0.462. The number of fused-ring (bicyclic) bond motifs is 1. The number of pyridine rings is 1. The van der Waals surface area contributed by atoms with Crippen LogP contribution in [0.1, 0.15) is 18.7 Å². The zero-order chi connectivity index (χ0) is 13.5. The van der Waals surface area contributed by atoms with Crippen LogP contribution in [0, 0.1) is 5.92 Å². The summed E-state index contributed by atoms with van der Waals surface area (Å²) in [6.07, 6.45) is 6.00. The summed E-state index contributed by atoms with van der Waals surface area (Å²) in [5, 5.41) is 0.687. The fourth-order valence-corrected chi connectivity index (χ4v) is 4.39. The molecule has 6 heteroatoms. The van der Waals surface area contributed by atoms with E-state index in [1.165, 1.54) is 0 Å². The normalized spacial score (nSPS) is 19.8. The minimum atomic E-state index is -2.79. The van der Waals surface area contributed by atoms with Gasteiger partial charge in [-0.1, -0.05) is 11.6 Å². The fourth-order valence-electron chi connectivity index (χ4n) is 2.59. The molecule has 102 valence electrons. The van der Waals surface area contributed by atoms with Crippen molar-refractivity contribution in [2.24, 2.45) is 5.92 Å². The maximum atomic E-state index is 11.4.